The first kappa shape index (κ1) is 16.4. The lowest BCUT2D eigenvalue weighted by Gasteiger charge is -2.27. The predicted octanol–water partition coefficient (Wildman–Crippen LogP) is 1.82. The molecular weight excluding hydrogens is 266 g/mol. The Balaban J connectivity index is 2.80. The fraction of sp³-hybridized carbons (Fsp3) is 0.923. The summed E-state index contributed by atoms with van der Waals surface area (Å²) in [6.07, 6.45) is 2.06. The molecule has 1 N–H and O–H groups in total. The number of rotatable bonds is 6. The summed E-state index contributed by atoms with van der Waals surface area (Å²) >= 11 is 0. The summed E-state index contributed by atoms with van der Waals surface area (Å²) in [7, 11) is -3.39. The lowest BCUT2D eigenvalue weighted by molar-refractivity contribution is -0.158. The molecule has 0 bridgehead atoms. The van der Waals surface area contributed by atoms with Gasteiger partial charge in [-0.15, -0.1) is 0 Å². The zero-order valence-electron chi connectivity index (χ0n) is 12.4. The first-order valence-corrected chi connectivity index (χ1v) is 8.35. The zero-order chi connectivity index (χ0) is 14.8. The molecule has 1 fully saturated rings. The second-order valence-corrected chi connectivity index (χ2v) is 8.25. The monoisotopic (exact) mass is 291 g/mol. The molecule has 112 valence electrons. The quantitative estimate of drug-likeness (QED) is 0.758. The average molecular weight is 291 g/mol. The standard InChI is InChI=1S/C13H25NO4S/c1-6-9(2)11(12(15)18-13(3,4)5)14-19(16,17)10-7-8-10/h9-11,14H,6-8H2,1-5H3/t9-,11-/m0/s1. The van der Waals surface area contributed by atoms with Crippen LogP contribution in [-0.4, -0.2) is 31.3 Å². The fourth-order valence-electron chi connectivity index (χ4n) is 1.65. The second kappa shape index (κ2) is 5.79. The third kappa shape index (κ3) is 5.10. The molecule has 0 aromatic rings. The smallest absolute Gasteiger partial charge is 0.324 e. The molecule has 19 heavy (non-hydrogen) atoms. The van der Waals surface area contributed by atoms with E-state index in [1.807, 2.05) is 13.8 Å². The summed E-state index contributed by atoms with van der Waals surface area (Å²) in [5.41, 5.74) is -0.617. The normalized spacial score (nSPS) is 19.8. The molecule has 0 unspecified atom stereocenters. The van der Waals surface area contributed by atoms with Crippen LogP contribution in [0.25, 0.3) is 0 Å². The van der Waals surface area contributed by atoms with E-state index in [0.717, 1.165) is 0 Å². The van der Waals surface area contributed by atoms with Crippen LogP contribution in [0.3, 0.4) is 0 Å². The first-order chi connectivity index (χ1) is 8.57. The van der Waals surface area contributed by atoms with Crippen LogP contribution < -0.4 is 4.72 Å². The van der Waals surface area contributed by atoms with E-state index in [0.29, 0.717) is 19.3 Å². The lowest BCUT2D eigenvalue weighted by atomic mass is 10.00. The number of ether oxygens (including phenoxy) is 1. The van der Waals surface area contributed by atoms with Crippen LogP contribution in [0.15, 0.2) is 0 Å². The molecule has 0 saturated heterocycles. The van der Waals surface area contributed by atoms with Crippen LogP contribution in [0.5, 0.6) is 0 Å². The Morgan fingerprint density at radius 2 is 1.89 bits per heavy atom. The molecule has 5 nitrogen and oxygen atoms in total. The van der Waals surface area contributed by atoms with Crippen molar-refractivity contribution in [3.05, 3.63) is 0 Å². The Labute approximate surface area is 116 Å². The van der Waals surface area contributed by atoms with Crippen molar-refractivity contribution in [2.75, 3.05) is 0 Å². The minimum Gasteiger partial charge on any atom is -0.459 e. The van der Waals surface area contributed by atoms with Crippen molar-refractivity contribution >= 4 is 16.0 Å². The number of hydrogen-bond acceptors (Lipinski definition) is 4. The lowest BCUT2D eigenvalue weighted by Crippen LogP contribution is -2.48. The Morgan fingerprint density at radius 3 is 2.26 bits per heavy atom. The van der Waals surface area contributed by atoms with Gasteiger partial charge in [-0.05, 0) is 39.5 Å². The Hall–Kier alpha value is -0.620. The molecule has 0 radical (unpaired) electrons. The minimum absolute atomic E-state index is 0.0941. The summed E-state index contributed by atoms with van der Waals surface area (Å²) in [4.78, 5) is 12.1. The van der Waals surface area contributed by atoms with Crippen LogP contribution in [0.2, 0.25) is 0 Å². The second-order valence-electron chi connectivity index (χ2n) is 6.26. The van der Waals surface area contributed by atoms with Crippen LogP contribution >= 0.6 is 0 Å². The molecule has 0 aliphatic heterocycles. The largest absolute Gasteiger partial charge is 0.459 e. The SMILES string of the molecule is CC[C@H](C)[C@H](NS(=O)(=O)C1CC1)C(=O)OC(C)(C)C. The zero-order valence-corrected chi connectivity index (χ0v) is 13.2. The number of esters is 1. The summed E-state index contributed by atoms with van der Waals surface area (Å²) in [5.74, 6) is -0.588. The fourth-order valence-corrected chi connectivity index (χ4v) is 3.28. The molecule has 1 aliphatic rings. The van der Waals surface area contributed by atoms with Crippen molar-refractivity contribution in [3.63, 3.8) is 0 Å². The number of nitrogens with one attached hydrogen (secondary N) is 1. The molecule has 0 heterocycles. The van der Waals surface area contributed by atoms with Crippen molar-refractivity contribution in [3.8, 4) is 0 Å². The molecule has 0 aromatic carbocycles. The van der Waals surface area contributed by atoms with Crippen molar-refractivity contribution in [2.45, 2.75) is 70.8 Å². The molecule has 1 saturated carbocycles. The highest BCUT2D eigenvalue weighted by Gasteiger charge is 2.40. The van der Waals surface area contributed by atoms with Gasteiger partial charge in [0.25, 0.3) is 0 Å². The van der Waals surface area contributed by atoms with Crippen LogP contribution in [0, 0.1) is 5.92 Å². The van der Waals surface area contributed by atoms with Crippen LogP contribution in [-0.2, 0) is 19.6 Å². The van der Waals surface area contributed by atoms with E-state index < -0.39 is 27.6 Å². The van der Waals surface area contributed by atoms with Gasteiger partial charge in [0.05, 0.1) is 5.25 Å². The first-order valence-electron chi connectivity index (χ1n) is 6.81. The highest BCUT2D eigenvalue weighted by Crippen LogP contribution is 2.28. The molecule has 0 amide bonds. The van der Waals surface area contributed by atoms with E-state index in [9.17, 15) is 13.2 Å². The summed E-state index contributed by atoms with van der Waals surface area (Å²) in [5, 5.41) is -0.332. The highest BCUT2D eigenvalue weighted by molar-refractivity contribution is 7.90. The number of sulfonamides is 1. The Morgan fingerprint density at radius 1 is 1.37 bits per heavy atom. The van der Waals surface area contributed by atoms with Crippen molar-refractivity contribution in [1.82, 2.24) is 4.72 Å². The maximum atomic E-state index is 12.1. The topological polar surface area (TPSA) is 72.5 Å². The number of carbonyl (C=O) groups is 1. The van der Waals surface area contributed by atoms with Crippen LogP contribution in [0.1, 0.15) is 53.9 Å². The molecule has 2 atom stereocenters. The van der Waals surface area contributed by atoms with E-state index in [4.69, 9.17) is 4.74 Å². The number of hydrogen-bond donors (Lipinski definition) is 1. The Bertz CT molecular complexity index is 420. The molecule has 6 heteroatoms. The van der Waals surface area contributed by atoms with E-state index >= 15 is 0 Å². The van der Waals surface area contributed by atoms with Crippen molar-refractivity contribution < 1.29 is 17.9 Å². The van der Waals surface area contributed by atoms with E-state index in [1.165, 1.54) is 0 Å². The van der Waals surface area contributed by atoms with Gasteiger partial charge in [-0.1, -0.05) is 20.3 Å². The van der Waals surface area contributed by atoms with Gasteiger partial charge in [0.1, 0.15) is 11.6 Å². The molecule has 1 aliphatic carbocycles. The van der Waals surface area contributed by atoms with Crippen molar-refractivity contribution in [2.24, 2.45) is 5.92 Å². The Kier molecular flexibility index (Phi) is 5.01. The summed E-state index contributed by atoms with van der Waals surface area (Å²) in [6.45, 7) is 9.09. The van der Waals surface area contributed by atoms with Gasteiger partial charge < -0.3 is 4.74 Å². The average Bonchev–Trinajstić information content (AvgIpc) is 3.06. The van der Waals surface area contributed by atoms with Crippen LogP contribution in [0.4, 0.5) is 0 Å². The summed E-state index contributed by atoms with van der Waals surface area (Å²) in [6, 6.07) is -0.796. The molecule has 0 aromatic heterocycles. The van der Waals surface area contributed by atoms with E-state index in [2.05, 4.69) is 4.72 Å². The molecule has 0 spiro atoms. The highest BCUT2D eigenvalue weighted by atomic mass is 32.2. The third-order valence-electron chi connectivity index (χ3n) is 3.13. The molecule has 1 rings (SSSR count). The third-order valence-corrected chi connectivity index (χ3v) is 5.06. The van der Waals surface area contributed by atoms with E-state index in [-0.39, 0.29) is 11.2 Å². The minimum atomic E-state index is -3.39. The predicted molar refractivity (Wildman–Crippen MR) is 74.2 cm³/mol. The van der Waals surface area contributed by atoms with Gasteiger partial charge in [0, 0.05) is 0 Å². The van der Waals surface area contributed by atoms with Gasteiger partial charge in [0.2, 0.25) is 10.0 Å². The molecular formula is C13H25NO4S. The summed E-state index contributed by atoms with van der Waals surface area (Å²) < 4.78 is 31.8. The van der Waals surface area contributed by atoms with E-state index in [1.54, 1.807) is 20.8 Å². The maximum absolute atomic E-state index is 12.1. The maximum Gasteiger partial charge on any atom is 0.324 e. The van der Waals surface area contributed by atoms with Gasteiger partial charge in [-0.25, -0.2) is 13.1 Å². The number of carbonyl (C=O) groups excluding carboxylic acids is 1. The van der Waals surface area contributed by atoms with Crippen molar-refractivity contribution in [1.29, 1.82) is 0 Å². The van der Waals surface area contributed by atoms with Gasteiger partial charge >= 0.3 is 5.97 Å². The van der Waals surface area contributed by atoms with Gasteiger partial charge in [-0.2, -0.15) is 0 Å². The van der Waals surface area contributed by atoms with Gasteiger partial charge in [0.15, 0.2) is 0 Å². The van der Waals surface area contributed by atoms with Gasteiger partial charge in [-0.3, -0.25) is 4.79 Å².